The van der Waals surface area contributed by atoms with Crippen molar-refractivity contribution in [2.75, 3.05) is 14.1 Å². The van der Waals surface area contributed by atoms with Gasteiger partial charge in [0.25, 0.3) is 17.5 Å². The Kier molecular flexibility index (Phi) is 5.57. The maximum Gasteiger partial charge on any atom is 0.276 e. The quantitative estimate of drug-likeness (QED) is 0.398. The molecular formula is C21H20BrN3O4. The summed E-state index contributed by atoms with van der Waals surface area (Å²) in [5.41, 5.74) is 0.0611. The number of amides is 2. The third kappa shape index (κ3) is 3.80. The van der Waals surface area contributed by atoms with Crippen molar-refractivity contribution < 1.29 is 14.5 Å². The van der Waals surface area contributed by atoms with E-state index in [9.17, 15) is 19.7 Å². The molecule has 2 amide bonds. The zero-order valence-electron chi connectivity index (χ0n) is 16.3. The van der Waals surface area contributed by atoms with Gasteiger partial charge in [-0.1, -0.05) is 46.3 Å². The second kappa shape index (κ2) is 7.79. The Morgan fingerprint density at radius 2 is 1.79 bits per heavy atom. The first-order valence-electron chi connectivity index (χ1n) is 8.91. The van der Waals surface area contributed by atoms with Crippen molar-refractivity contribution in [2.45, 2.75) is 18.9 Å². The molecule has 29 heavy (non-hydrogen) atoms. The fraction of sp³-hybridized carbons (Fsp3) is 0.238. The summed E-state index contributed by atoms with van der Waals surface area (Å²) < 4.78 is 0.634. The molecule has 0 bridgehead atoms. The molecule has 1 unspecified atom stereocenters. The average Bonchev–Trinajstić information content (AvgIpc) is 2.69. The van der Waals surface area contributed by atoms with E-state index in [1.54, 1.807) is 26.1 Å². The van der Waals surface area contributed by atoms with Gasteiger partial charge in [0.05, 0.1) is 10.5 Å². The third-order valence-corrected chi connectivity index (χ3v) is 5.75. The number of piperazine rings is 1. The molecule has 7 nitrogen and oxygen atoms in total. The van der Waals surface area contributed by atoms with Gasteiger partial charge in [0, 0.05) is 31.1 Å². The van der Waals surface area contributed by atoms with Crippen LogP contribution in [0.2, 0.25) is 0 Å². The van der Waals surface area contributed by atoms with E-state index < -0.39 is 10.5 Å². The van der Waals surface area contributed by atoms with E-state index in [1.807, 2.05) is 30.3 Å². The molecule has 1 aliphatic rings. The van der Waals surface area contributed by atoms with Gasteiger partial charge in [-0.3, -0.25) is 19.7 Å². The lowest BCUT2D eigenvalue weighted by Gasteiger charge is -2.45. The van der Waals surface area contributed by atoms with Crippen LogP contribution in [0.5, 0.6) is 0 Å². The predicted octanol–water partition coefficient (Wildman–Crippen LogP) is 3.63. The van der Waals surface area contributed by atoms with Crippen LogP contribution in [-0.4, -0.2) is 46.2 Å². The summed E-state index contributed by atoms with van der Waals surface area (Å²) in [4.78, 5) is 39.9. The van der Waals surface area contributed by atoms with Gasteiger partial charge in [0.2, 0.25) is 0 Å². The van der Waals surface area contributed by atoms with Crippen molar-refractivity contribution in [2.24, 2.45) is 0 Å². The first-order valence-corrected chi connectivity index (χ1v) is 9.70. The van der Waals surface area contributed by atoms with Crippen LogP contribution in [0, 0.1) is 10.1 Å². The van der Waals surface area contributed by atoms with E-state index in [-0.39, 0.29) is 28.8 Å². The Balaban J connectivity index is 2.03. The fourth-order valence-electron chi connectivity index (χ4n) is 3.45. The number of nitrogens with zero attached hydrogens (tertiary/aromatic N) is 3. The molecule has 2 aromatic rings. The lowest BCUT2D eigenvalue weighted by atomic mass is 9.87. The van der Waals surface area contributed by atoms with Crippen molar-refractivity contribution in [3.05, 3.63) is 79.9 Å². The molecule has 1 aliphatic heterocycles. The van der Waals surface area contributed by atoms with Crippen molar-refractivity contribution in [1.29, 1.82) is 0 Å². The van der Waals surface area contributed by atoms with Crippen LogP contribution >= 0.6 is 15.9 Å². The Morgan fingerprint density at radius 3 is 2.41 bits per heavy atom. The van der Waals surface area contributed by atoms with Crippen molar-refractivity contribution in [1.82, 2.24) is 9.80 Å². The summed E-state index contributed by atoms with van der Waals surface area (Å²) in [6.07, 6.45) is 1.76. The van der Waals surface area contributed by atoms with Gasteiger partial charge in [-0.05, 0) is 30.7 Å². The van der Waals surface area contributed by atoms with Gasteiger partial charge in [-0.25, -0.2) is 0 Å². The molecule has 0 aromatic heterocycles. The predicted molar refractivity (Wildman–Crippen MR) is 113 cm³/mol. The molecule has 0 N–H and O–H groups in total. The Hall–Kier alpha value is -3.00. The molecule has 0 aliphatic carbocycles. The van der Waals surface area contributed by atoms with Gasteiger partial charge in [0.15, 0.2) is 0 Å². The van der Waals surface area contributed by atoms with E-state index in [0.717, 1.165) is 5.56 Å². The molecule has 8 heteroatoms. The lowest BCUT2D eigenvalue weighted by molar-refractivity contribution is -0.385. The molecule has 0 spiro atoms. The second-order valence-electron chi connectivity index (χ2n) is 7.15. The molecule has 2 aromatic carbocycles. The zero-order chi connectivity index (χ0) is 21.3. The monoisotopic (exact) mass is 457 g/mol. The number of nitro benzene ring substituents is 1. The van der Waals surface area contributed by atoms with Gasteiger partial charge in [0.1, 0.15) is 11.2 Å². The molecule has 0 saturated carbocycles. The molecule has 0 radical (unpaired) electrons. The highest BCUT2D eigenvalue weighted by Crippen LogP contribution is 2.33. The highest BCUT2D eigenvalue weighted by atomic mass is 79.9. The van der Waals surface area contributed by atoms with Crippen LogP contribution < -0.4 is 0 Å². The summed E-state index contributed by atoms with van der Waals surface area (Å²) in [6.45, 7) is 1.73. The Morgan fingerprint density at radius 1 is 1.14 bits per heavy atom. The Bertz CT molecular complexity index is 1020. The van der Waals surface area contributed by atoms with E-state index in [2.05, 4.69) is 15.9 Å². The van der Waals surface area contributed by atoms with Crippen LogP contribution in [-0.2, 0) is 16.0 Å². The van der Waals surface area contributed by atoms with Gasteiger partial charge in [-0.15, -0.1) is 0 Å². The third-order valence-electron chi connectivity index (χ3n) is 5.26. The van der Waals surface area contributed by atoms with Crippen molar-refractivity contribution in [3.8, 4) is 0 Å². The fourth-order valence-corrected chi connectivity index (χ4v) is 3.83. The van der Waals surface area contributed by atoms with Crippen LogP contribution in [0.25, 0.3) is 6.08 Å². The number of likely N-dealkylation sites (N-methyl/N-ethyl adjacent to an activating group) is 2. The maximum absolute atomic E-state index is 13.2. The summed E-state index contributed by atoms with van der Waals surface area (Å²) >= 11 is 3.29. The number of halogens is 1. The van der Waals surface area contributed by atoms with E-state index in [1.165, 1.54) is 29.0 Å². The van der Waals surface area contributed by atoms with Gasteiger partial charge < -0.3 is 9.80 Å². The molecule has 1 saturated heterocycles. The topological polar surface area (TPSA) is 83.8 Å². The average molecular weight is 458 g/mol. The van der Waals surface area contributed by atoms with Crippen LogP contribution in [0.4, 0.5) is 5.69 Å². The molecular weight excluding hydrogens is 438 g/mol. The van der Waals surface area contributed by atoms with E-state index in [0.29, 0.717) is 10.9 Å². The van der Waals surface area contributed by atoms with Crippen molar-refractivity contribution in [3.63, 3.8) is 0 Å². The van der Waals surface area contributed by atoms with Crippen LogP contribution in [0.15, 0.2) is 58.7 Å². The summed E-state index contributed by atoms with van der Waals surface area (Å²) in [6, 6.07) is 13.9. The first kappa shape index (κ1) is 20.7. The first-order chi connectivity index (χ1) is 13.6. The van der Waals surface area contributed by atoms with E-state index >= 15 is 0 Å². The van der Waals surface area contributed by atoms with Crippen molar-refractivity contribution >= 4 is 39.5 Å². The SMILES string of the molecule is CN1C(=O)C(C)(Cc2ccccc2)N(C)C(=O)C1=Cc1cc(Br)ccc1[N+](=O)[O-]. The minimum absolute atomic E-state index is 0.0873. The molecule has 1 heterocycles. The van der Waals surface area contributed by atoms with Gasteiger partial charge in [-0.2, -0.15) is 0 Å². The zero-order valence-corrected chi connectivity index (χ0v) is 17.8. The number of nitro groups is 1. The van der Waals surface area contributed by atoms with Gasteiger partial charge >= 0.3 is 0 Å². The summed E-state index contributed by atoms with van der Waals surface area (Å²) in [5.74, 6) is -0.632. The standard InChI is InChI=1S/C21H20BrN3O4/c1-21(13-14-7-5-4-6-8-14)20(27)23(2)18(19(26)24(21)3)12-15-11-16(22)9-10-17(15)25(28)29/h4-12H,13H2,1-3H3. The molecule has 150 valence electrons. The minimum atomic E-state index is -1.06. The highest BCUT2D eigenvalue weighted by molar-refractivity contribution is 9.10. The number of carbonyl (C=O) groups excluding carboxylic acids is 2. The van der Waals surface area contributed by atoms with Crippen LogP contribution in [0.3, 0.4) is 0 Å². The summed E-state index contributed by atoms with van der Waals surface area (Å²) in [5, 5.41) is 11.4. The lowest BCUT2D eigenvalue weighted by Crippen LogP contribution is -2.64. The van der Waals surface area contributed by atoms with E-state index in [4.69, 9.17) is 0 Å². The largest absolute Gasteiger partial charge is 0.326 e. The second-order valence-corrected chi connectivity index (χ2v) is 8.07. The minimum Gasteiger partial charge on any atom is -0.326 e. The molecule has 1 atom stereocenters. The highest BCUT2D eigenvalue weighted by Gasteiger charge is 2.48. The summed E-state index contributed by atoms with van der Waals surface area (Å²) in [7, 11) is 3.10. The number of rotatable bonds is 4. The molecule has 3 rings (SSSR count). The number of hydrogen-bond acceptors (Lipinski definition) is 4. The number of hydrogen-bond donors (Lipinski definition) is 0. The number of carbonyl (C=O) groups is 2. The normalized spacial score (nSPS) is 21.0. The smallest absolute Gasteiger partial charge is 0.276 e. The Labute approximate surface area is 176 Å². The van der Waals surface area contributed by atoms with Crippen LogP contribution in [0.1, 0.15) is 18.1 Å². The number of benzene rings is 2. The molecule has 1 fully saturated rings. The maximum atomic E-state index is 13.2.